The van der Waals surface area contributed by atoms with Crippen molar-refractivity contribution < 1.29 is 4.92 Å². The van der Waals surface area contributed by atoms with Crippen LogP contribution in [0, 0.1) is 16.0 Å². The molecule has 0 fully saturated rings. The summed E-state index contributed by atoms with van der Waals surface area (Å²) in [6.07, 6.45) is 4.80. The molecular weight excluding hydrogens is 348 g/mol. The minimum absolute atomic E-state index is 0.184. The molecule has 0 saturated carbocycles. The van der Waals surface area contributed by atoms with Gasteiger partial charge in [0, 0.05) is 34.3 Å². The van der Waals surface area contributed by atoms with Gasteiger partial charge in [-0.15, -0.1) is 0 Å². The van der Waals surface area contributed by atoms with E-state index in [1.54, 1.807) is 6.07 Å². The number of para-hydroxylation sites is 1. The summed E-state index contributed by atoms with van der Waals surface area (Å²) < 4.78 is 2.40. The molecule has 4 heteroatoms. The summed E-state index contributed by atoms with van der Waals surface area (Å²) in [4.78, 5) is 11.5. The molecule has 1 heterocycles. The van der Waals surface area contributed by atoms with Gasteiger partial charge in [-0.05, 0) is 24.5 Å². The Morgan fingerprint density at radius 1 is 0.964 bits per heavy atom. The second-order valence-electron chi connectivity index (χ2n) is 7.64. The van der Waals surface area contributed by atoms with Crippen molar-refractivity contribution in [3.05, 3.63) is 64.7 Å². The van der Waals surface area contributed by atoms with Gasteiger partial charge in [0.2, 0.25) is 0 Å². The molecule has 28 heavy (non-hydrogen) atoms. The van der Waals surface area contributed by atoms with Crippen LogP contribution in [-0.2, 0) is 6.54 Å². The molecule has 1 aromatic heterocycles. The van der Waals surface area contributed by atoms with E-state index in [0.29, 0.717) is 11.3 Å². The maximum absolute atomic E-state index is 11.7. The number of nitrogens with zero attached hydrogens (tertiary/aromatic N) is 2. The first-order valence-corrected chi connectivity index (χ1v) is 10.2. The molecule has 0 saturated heterocycles. The monoisotopic (exact) mass is 374 g/mol. The largest absolute Gasteiger partial charge is 0.340 e. The van der Waals surface area contributed by atoms with Crippen molar-refractivity contribution in [2.45, 2.75) is 46.1 Å². The normalized spacial score (nSPS) is 12.8. The second-order valence-corrected chi connectivity index (χ2v) is 7.64. The molecule has 1 atom stereocenters. The number of benzene rings is 3. The molecule has 4 nitrogen and oxygen atoms in total. The van der Waals surface area contributed by atoms with Crippen LogP contribution in [0.3, 0.4) is 0 Å². The molecule has 0 radical (unpaired) electrons. The summed E-state index contributed by atoms with van der Waals surface area (Å²) in [7, 11) is 0. The van der Waals surface area contributed by atoms with Gasteiger partial charge in [-0.2, -0.15) is 0 Å². The van der Waals surface area contributed by atoms with E-state index in [-0.39, 0.29) is 10.6 Å². The van der Waals surface area contributed by atoms with E-state index in [1.165, 1.54) is 19.3 Å². The van der Waals surface area contributed by atoms with Crippen LogP contribution in [-0.4, -0.2) is 9.49 Å². The zero-order chi connectivity index (χ0) is 19.7. The third-order valence-corrected chi connectivity index (χ3v) is 5.93. The third kappa shape index (κ3) is 3.03. The maximum Gasteiger partial charge on any atom is 0.277 e. The van der Waals surface area contributed by atoms with Crippen LogP contribution in [0.4, 0.5) is 5.69 Å². The van der Waals surface area contributed by atoms with Crippen LogP contribution < -0.4 is 0 Å². The van der Waals surface area contributed by atoms with Gasteiger partial charge in [-0.1, -0.05) is 69.5 Å². The highest BCUT2D eigenvalue weighted by atomic mass is 16.6. The molecule has 0 spiro atoms. The minimum Gasteiger partial charge on any atom is -0.340 e. The Hall–Kier alpha value is -2.88. The number of fused-ring (bicyclic) bond motifs is 5. The lowest BCUT2D eigenvalue weighted by molar-refractivity contribution is -0.382. The van der Waals surface area contributed by atoms with Crippen molar-refractivity contribution >= 4 is 38.3 Å². The molecule has 4 rings (SSSR count). The van der Waals surface area contributed by atoms with Crippen LogP contribution in [0.15, 0.2) is 54.6 Å². The topological polar surface area (TPSA) is 48.1 Å². The highest BCUT2D eigenvalue weighted by Gasteiger charge is 2.21. The zero-order valence-corrected chi connectivity index (χ0v) is 16.5. The van der Waals surface area contributed by atoms with Gasteiger partial charge >= 0.3 is 0 Å². The quantitative estimate of drug-likeness (QED) is 0.256. The van der Waals surface area contributed by atoms with E-state index >= 15 is 0 Å². The van der Waals surface area contributed by atoms with Crippen molar-refractivity contribution in [1.82, 2.24) is 4.57 Å². The maximum atomic E-state index is 11.7. The number of hydrogen-bond acceptors (Lipinski definition) is 2. The number of nitro benzene ring substituents is 1. The lowest BCUT2D eigenvalue weighted by Gasteiger charge is -2.18. The fraction of sp³-hybridized carbons (Fsp3) is 0.333. The van der Waals surface area contributed by atoms with Crippen molar-refractivity contribution in [3.8, 4) is 0 Å². The van der Waals surface area contributed by atoms with Gasteiger partial charge in [0.05, 0.1) is 15.8 Å². The Labute approximate surface area is 164 Å². The summed E-state index contributed by atoms with van der Waals surface area (Å²) in [5, 5.41) is 15.5. The van der Waals surface area contributed by atoms with Gasteiger partial charge in [-0.25, -0.2) is 0 Å². The lowest BCUT2D eigenvalue weighted by atomic mass is 9.99. The molecule has 3 aromatic carbocycles. The van der Waals surface area contributed by atoms with Gasteiger partial charge in [0.1, 0.15) is 0 Å². The van der Waals surface area contributed by atoms with Gasteiger partial charge in [-0.3, -0.25) is 10.1 Å². The molecular formula is C24H26N2O2. The predicted octanol–water partition coefficient (Wildman–Crippen LogP) is 7.07. The number of rotatable bonds is 7. The molecule has 1 unspecified atom stereocenters. The smallest absolute Gasteiger partial charge is 0.277 e. The van der Waals surface area contributed by atoms with E-state index in [2.05, 4.69) is 36.6 Å². The van der Waals surface area contributed by atoms with Crippen molar-refractivity contribution in [2.24, 2.45) is 5.92 Å². The van der Waals surface area contributed by atoms with Crippen molar-refractivity contribution in [3.63, 3.8) is 0 Å². The van der Waals surface area contributed by atoms with Crippen LogP contribution >= 0.6 is 0 Å². The van der Waals surface area contributed by atoms with Gasteiger partial charge in [0.25, 0.3) is 5.69 Å². The fourth-order valence-corrected chi connectivity index (χ4v) is 4.41. The number of non-ortho nitro benzene ring substituents is 1. The van der Waals surface area contributed by atoms with E-state index in [0.717, 1.165) is 40.2 Å². The molecule has 0 aliphatic rings. The third-order valence-electron chi connectivity index (χ3n) is 5.93. The van der Waals surface area contributed by atoms with Crippen LogP contribution in [0.1, 0.15) is 39.5 Å². The molecule has 0 aliphatic carbocycles. The van der Waals surface area contributed by atoms with Gasteiger partial charge < -0.3 is 4.57 Å². The van der Waals surface area contributed by atoms with E-state index < -0.39 is 0 Å². The van der Waals surface area contributed by atoms with Crippen LogP contribution in [0.2, 0.25) is 0 Å². The Bertz CT molecular complexity index is 1160. The van der Waals surface area contributed by atoms with Crippen LogP contribution in [0.5, 0.6) is 0 Å². The molecule has 0 N–H and O–H groups in total. The Morgan fingerprint density at radius 3 is 2.32 bits per heavy atom. The average molecular weight is 374 g/mol. The van der Waals surface area contributed by atoms with E-state index in [4.69, 9.17) is 0 Å². The Kier molecular flexibility index (Phi) is 5.03. The Balaban J connectivity index is 2.05. The molecule has 0 aliphatic heterocycles. The zero-order valence-electron chi connectivity index (χ0n) is 16.5. The summed E-state index contributed by atoms with van der Waals surface area (Å²) in [6.45, 7) is 5.44. The highest BCUT2D eigenvalue weighted by molar-refractivity contribution is 6.20. The van der Waals surface area contributed by atoms with Crippen LogP contribution in [0.25, 0.3) is 32.6 Å². The number of unbranched alkanes of at least 4 members (excludes halogenated alkanes) is 1. The molecule has 0 amide bonds. The van der Waals surface area contributed by atoms with Crippen molar-refractivity contribution in [1.29, 1.82) is 0 Å². The fourth-order valence-electron chi connectivity index (χ4n) is 4.41. The summed E-state index contributed by atoms with van der Waals surface area (Å²) in [5.41, 5.74) is 2.47. The summed E-state index contributed by atoms with van der Waals surface area (Å²) >= 11 is 0. The minimum atomic E-state index is -0.260. The second kappa shape index (κ2) is 7.63. The van der Waals surface area contributed by atoms with Gasteiger partial charge in [0.15, 0.2) is 0 Å². The highest BCUT2D eigenvalue weighted by Crippen LogP contribution is 2.39. The van der Waals surface area contributed by atoms with Crippen molar-refractivity contribution in [2.75, 3.05) is 0 Å². The first-order valence-electron chi connectivity index (χ1n) is 10.2. The SMILES string of the molecule is CCCCC(CC)Cn1c2ccccc2c2cc([N+](=O)[O-])c3ccccc3c21. The number of nitro groups is 1. The molecule has 144 valence electrons. The Morgan fingerprint density at radius 2 is 1.64 bits per heavy atom. The number of hydrogen-bond donors (Lipinski definition) is 0. The van der Waals surface area contributed by atoms with E-state index in [1.807, 2.05) is 30.3 Å². The predicted molar refractivity (Wildman–Crippen MR) is 117 cm³/mol. The van der Waals surface area contributed by atoms with E-state index in [9.17, 15) is 10.1 Å². The molecule has 0 bridgehead atoms. The summed E-state index contributed by atoms with van der Waals surface area (Å²) in [5.74, 6) is 0.605. The average Bonchev–Trinajstić information content (AvgIpc) is 3.04. The first kappa shape index (κ1) is 18.5. The lowest BCUT2D eigenvalue weighted by Crippen LogP contribution is -2.10. The first-order chi connectivity index (χ1) is 13.7. The number of aromatic nitrogens is 1. The molecule has 4 aromatic rings. The summed E-state index contributed by atoms with van der Waals surface area (Å²) in [6, 6.07) is 17.8. The standard InChI is InChI=1S/C24H26N2O2/c1-3-5-10-17(4-2)16-25-22-14-9-8-12-19(22)21-15-23(26(27)28)18-11-6-7-13-20(18)24(21)25/h6-9,11-15,17H,3-5,10,16H2,1-2H3.